The molecule has 33 heavy (non-hydrogen) atoms. The van der Waals surface area contributed by atoms with Gasteiger partial charge in [-0.05, 0) is 50.1 Å². The number of amides is 2. The summed E-state index contributed by atoms with van der Waals surface area (Å²) >= 11 is 0. The van der Waals surface area contributed by atoms with Gasteiger partial charge in [-0.15, -0.1) is 0 Å². The lowest BCUT2D eigenvalue weighted by molar-refractivity contribution is -0.140. The first-order chi connectivity index (χ1) is 15.6. The van der Waals surface area contributed by atoms with Crippen LogP contribution in [-0.4, -0.2) is 58.1 Å². The summed E-state index contributed by atoms with van der Waals surface area (Å²) in [5.74, 6) is 0.153. The molecule has 0 spiro atoms. The van der Waals surface area contributed by atoms with E-state index in [9.17, 15) is 18.0 Å². The highest BCUT2D eigenvalue weighted by Crippen LogP contribution is 2.22. The molecular formula is C24H33N3O5S. The maximum atomic E-state index is 13.1. The summed E-state index contributed by atoms with van der Waals surface area (Å²) in [4.78, 5) is 26.9. The average Bonchev–Trinajstić information content (AvgIpc) is 2.78. The van der Waals surface area contributed by atoms with Crippen LogP contribution in [0.2, 0.25) is 0 Å². The Balaban J connectivity index is 2.13. The number of methoxy groups -OCH3 is 1. The number of sulfonamides is 1. The summed E-state index contributed by atoms with van der Waals surface area (Å²) in [6.07, 6.45) is 1.55. The second kappa shape index (κ2) is 11.7. The third-order valence-electron chi connectivity index (χ3n) is 5.36. The second-order valence-electron chi connectivity index (χ2n) is 7.94. The minimum Gasteiger partial charge on any atom is -0.497 e. The highest BCUT2D eigenvalue weighted by Gasteiger charge is 2.26. The van der Waals surface area contributed by atoms with Gasteiger partial charge < -0.3 is 15.0 Å². The van der Waals surface area contributed by atoms with E-state index in [2.05, 4.69) is 5.32 Å². The molecule has 0 aliphatic carbocycles. The van der Waals surface area contributed by atoms with Gasteiger partial charge >= 0.3 is 0 Å². The van der Waals surface area contributed by atoms with Crippen molar-refractivity contribution in [1.82, 2.24) is 10.2 Å². The number of anilines is 1. The van der Waals surface area contributed by atoms with E-state index in [0.717, 1.165) is 17.4 Å². The molecule has 0 saturated heterocycles. The summed E-state index contributed by atoms with van der Waals surface area (Å²) in [5.41, 5.74) is 2.49. The van der Waals surface area contributed by atoms with Gasteiger partial charge in [-0.25, -0.2) is 8.42 Å². The molecule has 9 heteroatoms. The predicted octanol–water partition coefficient (Wildman–Crippen LogP) is 2.71. The van der Waals surface area contributed by atoms with Crippen LogP contribution in [-0.2, 0) is 26.2 Å². The first-order valence-electron chi connectivity index (χ1n) is 10.7. The van der Waals surface area contributed by atoms with E-state index in [1.807, 2.05) is 31.2 Å². The van der Waals surface area contributed by atoms with Crippen molar-refractivity contribution >= 4 is 27.5 Å². The van der Waals surface area contributed by atoms with Gasteiger partial charge in [-0.1, -0.05) is 29.8 Å². The highest BCUT2D eigenvalue weighted by atomic mass is 32.2. The van der Waals surface area contributed by atoms with Crippen LogP contribution in [0.1, 0.15) is 30.9 Å². The molecule has 0 aliphatic rings. The second-order valence-corrected chi connectivity index (χ2v) is 9.84. The Bertz CT molecular complexity index is 1050. The van der Waals surface area contributed by atoms with E-state index < -0.39 is 16.1 Å². The fraction of sp³-hybridized carbons (Fsp3) is 0.417. The molecule has 0 fully saturated rings. The van der Waals surface area contributed by atoms with Crippen molar-refractivity contribution in [2.24, 2.45) is 0 Å². The number of carbonyl (C=O) groups excluding carboxylic acids is 2. The number of hydrogen-bond acceptors (Lipinski definition) is 5. The van der Waals surface area contributed by atoms with Crippen LogP contribution in [0.25, 0.3) is 0 Å². The van der Waals surface area contributed by atoms with Gasteiger partial charge in [-0.2, -0.15) is 0 Å². The van der Waals surface area contributed by atoms with E-state index >= 15 is 0 Å². The lowest BCUT2D eigenvalue weighted by Gasteiger charge is -2.29. The lowest BCUT2D eigenvalue weighted by Crippen LogP contribution is -2.46. The molecule has 1 unspecified atom stereocenters. The van der Waals surface area contributed by atoms with Crippen LogP contribution in [0.15, 0.2) is 48.5 Å². The van der Waals surface area contributed by atoms with Crippen molar-refractivity contribution in [2.45, 2.75) is 39.3 Å². The molecule has 0 aliphatic heterocycles. The van der Waals surface area contributed by atoms with Crippen LogP contribution >= 0.6 is 0 Å². The van der Waals surface area contributed by atoms with Gasteiger partial charge in [0.25, 0.3) is 0 Å². The lowest BCUT2D eigenvalue weighted by atomic mass is 10.1. The molecule has 180 valence electrons. The van der Waals surface area contributed by atoms with Gasteiger partial charge in [0.15, 0.2) is 0 Å². The first-order valence-corrected chi connectivity index (χ1v) is 12.6. The van der Waals surface area contributed by atoms with Crippen LogP contribution in [0.3, 0.4) is 0 Å². The minimum absolute atomic E-state index is 0.106. The van der Waals surface area contributed by atoms with Crippen molar-refractivity contribution in [3.63, 3.8) is 0 Å². The maximum Gasteiger partial charge on any atom is 0.242 e. The predicted molar refractivity (Wildman–Crippen MR) is 130 cm³/mol. The molecule has 1 N–H and O–H groups in total. The number of nitrogens with zero attached hydrogens (tertiary/aromatic N) is 2. The number of hydrogen-bond donors (Lipinski definition) is 1. The molecule has 0 radical (unpaired) electrons. The summed E-state index contributed by atoms with van der Waals surface area (Å²) in [6.45, 7) is 4.09. The van der Waals surface area contributed by atoms with Crippen LogP contribution in [0, 0.1) is 6.92 Å². The monoisotopic (exact) mass is 475 g/mol. The molecule has 0 bridgehead atoms. The number of aryl methyl sites for hydroxylation is 1. The zero-order valence-corrected chi connectivity index (χ0v) is 20.7. The molecule has 1 atom stereocenters. The fourth-order valence-electron chi connectivity index (χ4n) is 3.55. The molecule has 8 nitrogen and oxygen atoms in total. The van der Waals surface area contributed by atoms with Gasteiger partial charge in [0.1, 0.15) is 11.8 Å². The minimum atomic E-state index is -3.54. The van der Waals surface area contributed by atoms with E-state index in [0.29, 0.717) is 24.4 Å². The van der Waals surface area contributed by atoms with Crippen LogP contribution in [0.4, 0.5) is 5.69 Å². The van der Waals surface area contributed by atoms with E-state index in [-0.39, 0.29) is 24.8 Å². The van der Waals surface area contributed by atoms with Crippen LogP contribution < -0.4 is 14.4 Å². The molecule has 2 rings (SSSR count). The molecular weight excluding hydrogens is 442 g/mol. The largest absolute Gasteiger partial charge is 0.497 e. The zero-order valence-electron chi connectivity index (χ0n) is 19.9. The van der Waals surface area contributed by atoms with Crippen molar-refractivity contribution in [1.29, 1.82) is 0 Å². The smallest absolute Gasteiger partial charge is 0.242 e. The fourth-order valence-corrected chi connectivity index (χ4v) is 4.52. The summed E-state index contributed by atoms with van der Waals surface area (Å²) in [7, 11) is -0.466. The number of likely N-dealkylation sites (N-methyl/N-ethyl adjacent to an activating group) is 1. The zero-order chi connectivity index (χ0) is 24.6. The SMILES string of the molecule is CNC(=O)C(C)N(Cc1cccc(C)c1)C(=O)CCCN(c1ccc(OC)cc1)S(C)(=O)=O. The van der Waals surface area contributed by atoms with Gasteiger partial charge in [0.05, 0.1) is 19.1 Å². The Hall–Kier alpha value is -3.07. The summed E-state index contributed by atoms with van der Waals surface area (Å²) in [6, 6.07) is 13.8. The Kier molecular flexibility index (Phi) is 9.28. The third-order valence-corrected chi connectivity index (χ3v) is 6.56. The standard InChI is InChI=1S/C24H33N3O5S/c1-18-8-6-9-20(16-18)17-26(19(2)24(29)25-3)23(28)10-7-15-27(33(5,30)31)21-11-13-22(32-4)14-12-21/h6,8-9,11-14,16,19H,7,10,15,17H2,1-5H3,(H,25,29). The number of rotatable bonds is 11. The van der Waals surface area contributed by atoms with E-state index in [4.69, 9.17) is 4.74 Å². The number of nitrogens with one attached hydrogen (secondary N) is 1. The summed E-state index contributed by atoms with van der Waals surface area (Å²) in [5, 5.41) is 2.59. The Morgan fingerprint density at radius 1 is 1.12 bits per heavy atom. The van der Waals surface area contributed by atoms with Gasteiger partial charge in [0, 0.05) is 26.6 Å². The molecule has 2 aromatic rings. The molecule has 2 amide bonds. The number of ether oxygens (including phenoxy) is 1. The Morgan fingerprint density at radius 2 is 1.79 bits per heavy atom. The molecule has 0 heterocycles. The topological polar surface area (TPSA) is 96.0 Å². The normalized spacial score (nSPS) is 12.0. The molecule has 2 aromatic carbocycles. The Labute approximate surface area is 196 Å². The van der Waals surface area contributed by atoms with Crippen LogP contribution in [0.5, 0.6) is 5.75 Å². The molecule has 0 saturated carbocycles. The van der Waals surface area contributed by atoms with Crippen molar-refractivity contribution in [2.75, 3.05) is 31.3 Å². The Morgan fingerprint density at radius 3 is 2.33 bits per heavy atom. The third kappa shape index (κ3) is 7.49. The maximum absolute atomic E-state index is 13.1. The van der Waals surface area contributed by atoms with Gasteiger partial charge in [-0.3, -0.25) is 13.9 Å². The first kappa shape index (κ1) is 26.2. The van der Waals surface area contributed by atoms with E-state index in [1.165, 1.54) is 23.4 Å². The summed E-state index contributed by atoms with van der Waals surface area (Å²) < 4.78 is 31.1. The van der Waals surface area contributed by atoms with Crippen molar-refractivity contribution in [3.05, 3.63) is 59.7 Å². The van der Waals surface area contributed by atoms with Crippen molar-refractivity contribution < 1.29 is 22.7 Å². The number of carbonyl (C=O) groups is 2. The highest BCUT2D eigenvalue weighted by molar-refractivity contribution is 7.92. The quantitative estimate of drug-likeness (QED) is 0.539. The van der Waals surface area contributed by atoms with Crippen molar-refractivity contribution in [3.8, 4) is 5.75 Å². The molecule has 0 aromatic heterocycles. The number of benzene rings is 2. The van der Waals surface area contributed by atoms with E-state index in [1.54, 1.807) is 31.2 Å². The van der Waals surface area contributed by atoms with Gasteiger partial charge in [0.2, 0.25) is 21.8 Å². The average molecular weight is 476 g/mol.